The molecule has 1 aromatic heterocycles. The summed E-state index contributed by atoms with van der Waals surface area (Å²) in [6, 6.07) is 3.10. The van der Waals surface area contributed by atoms with E-state index in [9.17, 15) is 9.90 Å². The SMILES string of the molecule is C=C1CC(C(=O)O)(c2cc(Cl)nc(Cl)c2)C1. The summed E-state index contributed by atoms with van der Waals surface area (Å²) < 4.78 is 0. The largest absolute Gasteiger partial charge is 0.481 e. The molecule has 0 saturated heterocycles. The Hall–Kier alpha value is -1.06. The molecule has 0 atom stereocenters. The Morgan fingerprint density at radius 2 is 1.88 bits per heavy atom. The lowest BCUT2D eigenvalue weighted by atomic mass is 9.62. The number of hydrogen-bond acceptors (Lipinski definition) is 2. The van der Waals surface area contributed by atoms with Crippen LogP contribution in [0, 0.1) is 0 Å². The lowest BCUT2D eigenvalue weighted by Gasteiger charge is -2.40. The maximum absolute atomic E-state index is 11.3. The van der Waals surface area contributed by atoms with Crippen molar-refractivity contribution in [3.8, 4) is 0 Å². The fraction of sp³-hybridized carbons (Fsp3) is 0.273. The fourth-order valence-corrected chi connectivity index (χ4v) is 2.48. The molecule has 16 heavy (non-hydrogen) atoms. The predicted octanol–water partition coefficient (Wildman–Crippen LogP) is 3.06. The van der Waals surface area contributed by atoms with Crippen molar-refractivity contribution < 1.29 is 9.90 Å². The summed E-state index contributed by atoms with van der Waals surface area (Å²) in [6.07, 6.45) is 0.859. The van der Waals surface area contributed by atoms with Gasteiger partial charge in [-0.25, -0.2) is 4.98 Å². The average molecular weight is 258 g/mol. The van der Waals surface area contributed by atoms with Crippen molar-refractivity contribution in [2.24, 2.45) is 0 Å². The number of hydrogen-bond donors (Lipinski definition) is 1. The van der Waals surface area contributed by atoms with Crippen molar-refractivity contribution in [2.75, 3.05) is 0 Å². The van der Waals surface area contributed by atoms with Crippen LogP contribution in [0.3, 0.4) is 0 Å². The highest BCUT2D eigenvalue weighted by Crippen LogP contribution is 2.47. The smallest absolute Gasteiger partial charge is 0.314 e. The van der Waals surface area contributed by atoms with Crippen molar-refractivity contribution in [2.45, 2.75) is 18.3 Å². The molecule has 5 heteroatoms. The molecule has 1 aliphatic carbocycles. The summed E-state index contributed by atoms with van der Waals surface area (Å²) in [5.74, 6) is -0.877. The van der Waals surface area contributed by atoms with Gasteiger partial charge in [0.15, 0.2) is 0 Å². The van der Waals surface area contributed by atoms with Gasteiger partial charge in [0.05, 0.1) is 0 Å². The average Bonchev–Trinajstić information content (AvgIpc) is 2.10. The van der Waals surface area contributed by atoms with E-state index in [2.05, 4.69) is 11.6 Å². The van der Waals surface area contributed by atoms with E-state index >= 15 is 0 Å². The van der Waals surface area contributed by atoms with Crippen LogP contribution in [0.1, 0.15) is 18.4 Å². The minimum absolute atomic E-state index is 0.209. The second-order valence-corrected chi connectivity index (χ2v) is 4.77. The second-order valence-electron chi connectivity index (χ2n) is 3.99. The summed E-state index contributed by atoms with van der Waals surface area (Å²) >= 11 is 11.5. The van der Waals surface area contributed by atoms with Gasteiger partial charge in [0, 0.05) is 0 Å². The number of aliphatic carboxylic acids is 1. The number of rotatable bonds is 2. The Bertz CT molecular complexity index is 457. The third-order valence-corrected chi connectivity index (χ3v) is 3.22. The maximum Gasteiger partial charge on any atom is 0.314 e. The van der Waals surface area contributed by atoms with Gasteiger partial charge in [0.2, 0.25) is 0 Å². The molecule has 2 rings (SSSR count). The number of carboxylic acid groups (broad SMARTS) is 1. The normalized spacial score (nSPS) is 18.0. The Morgan fingerprint density at radius 3 is 2.25 bits per heavy atom. The van der Waals surface area contributed by atoms with Crippen molar-refractivity contribution in [1.82, 2.24) is 4.98 Å². The molecule has 0 amide bonds. The van der Waals surface area contributed by atoms with E-state index in [1.54, 1.807) is 12.1 Å². The highest BCUT2D eigenvalue weighted by Gasteiger charge is 2.48. The molecule has 0 unspecified atom stereocenters. The van der Waals surface area contributed by atoms with Gasteiger partial charge in [-0.3, -0.25) is 4.79 Å². The van der Waals surface area contributed by atoms with Crippen LogP contribution >= 0.6 is 23.2 Å². The van der Waals surface area contributed by atoms with Gasteiger partial charge in [-0.15, -0.1) is 0 Å². The summed E-state index contributed by atoms with van der Waals surface area (Å²) in [5, 5.41) is 9.71. The first-order valence-corrected chi connectivity index (χ1v) is 5.43. The minimum atomic E-state index is -0.923. The lowest BCUT2D eigenvalue weighted by molar-refractivity contribution is -0.145. The number of aromatic nitrogens is 1. The van der Waals surface area contributed by atoms with Gasteiger partial charge in [-0.2, -0.15) is 0 Å². The van der Waals surface area contributed by atoms with Gasteiger partial charge >= 0.3 is 5.97 Å². The molecule has 1 heterocycles. The number of carbonyl (C=O) groups is 1. The first-order chi connectivity index (χ1) is 7.44. The zero-order valence-electron chi connectivity index (χ0n) is 8.33. The molecule has 1 fully saturated rings. The van der Waals surface area contributed by atoms with Gasteiger partial charge in [0.1, 0.15) is 15.7 Å². The first-order valence-electron chi connectivity index (χ1n) is 4.68. The van der Waals surface area contributed by atoms with Crippen molar-refractivity contribution >= 4 is 29.2 Å². The van der Waals surface area contributed by atoms with Crippen LogP contribution < -0.4 is 0 Å². The monoisotopic (exact) mass is 257 g/mol. The van der Waals surface area contributed by atoms with E-state index in [-0.39, 0.29) is 10.3 Å². The standard InChI is InChI=1S/C11H9Cl2NO2/c1-6-4-11(5-6,10(15)16)7-2-8(12)14-9(13)3-7/h2-3H,1,4-5H2,(H,15,16). The Morgan fingerprint density at radius 1 is 1.38 bits per heavy atom. The molecule has 1 saturated carbocycles. The molecule has 0 aliphatic heterocycles. The highest BCUT2D eigenvalue weighted by molar-refractivity contribution is 6.32. The van der Waals surface area contributed by atoms with Crippen LogP contribution in [0.25, 0.3) is 0 Å². The maximum atomic E-state index is 11.3. The summed E-state index contributed by atoms with van der Waals surface area (Å²) in [5.41, 5.74) is 0.594. The van der Waals surface area contributed by atoms with Crippen LogP contribution in [0.2, 0.25) is 10.3 Å². The third-order valence-electron chi connectivity index (χ3n) is 2.83. The molecular weight excluding hydrogens is 249 g/mol. The molecule has 0 spiro atoms. The summed E-state index contributed by atoms with van der Waals surface area (Å²) in [4.78, 5) is 15.1. The van der Waals surface area contributed by atoms with Crippen molar-refractivity contribution in [3.05, 3.63) is 40.2 Å². The van der Waals surface area contributed by atoms with Crippen LogP contribution in [0.4, 0.5) is 0 Å². The summed E-state index contributed by atoms with van der Waals surface area (Å²) in [7, 11) is 0. The number of nitrogens with zero attached hydrogens (tertiary/aromatic N) is 1. The first kappa shape index (κ1) is 11.4. The molecule has 1 N–H and O–H groups in total. The number of halogens is 2. The van der Waals surface area contributed by atoms with E-state index in [1.165, 1.54) is 0 Å². The van der Waals surface area contributed by atoms with Crippen LogP contribution in [-0.4, -0.2) is 16.1 Å². The van der Waals surface area contributed by atoms with Gasteiger partial charge in [-0.1, -0.05) is 35.4 Å². The predicted molar refractivity (Wildman–Crippen MR) is 61.9 cm³/mol. The van der Waals surface area contributed by atoms with E-state index in [1.807, 2.05) is 0 Å². The topological polar surface area (TPSA) is 50.2 Å². The van der Waals surface area contributed by atoms with Crippen LogP contribution in [0.15, 0.2) is 24.3 Å². The Labute approximate surface area is 103 Å². The lowest BCUT2D eigenvalue weighted by Crippen LogP contribution is -2.43. The molecule has 3 nitrogen and oxygen atoms in total. The van der Waals surface area contributed by atoms with E-state index in [0.29, 0.717) is 18.4 Å². The molecule has 84 valence electrons. The molecule has 1 aliphatic rings. The minimum Gasteiger partial charge on any atom is -0.481 e. The third kappa shape index (κ3) is 1.70. The molecule has 0 bridgehead atoms. The zero-order valence-corrected chi connectivity index (χ0v) is 9.85. The van der Waals surface area contributed by atoms with Gasteiger partial charge in [0.25, 0.3) is 0 Å². The second kappa shape index (κ2) is 3.75. The van der Waals surface area contributed by atoms with E-state index in [0.717, 1.165) is 5.57 Å². The Balaban J connectivity index is 2.48. The van der Waals surface area contributed by atoms with Crippen molar-refractivity contribution in [1.29, 1.82) is 0 Å². The van der Waals surface area contributed by atoms with Crippen LogP contribution in [0.5, 0.6) is 0 Å². The number of allylic oxidation sites excluding steroid dienone is 1. The zero-order chi connectivity index (χ0) is 11.9. The van der Waals surface area contributed by atoms with E-state index in [4.69, 9.17) is 23.2 Å². The van der Waals surface area contributed by atoms with Gasteiger partial charge < -0.3 is 5.11 Å². The van der Waals surface area contributed by atoms with Crippen molar-refractivity contribution in [3.63, 3.8) is 0 Å². The Kier molecular flexibility index (Phi) is 2.68. The molecule has 0 radical (unpaired) electrons. The van der Waals surface area contributed by atoms with E-state index < -0.39 is 11.4 Å². The quantitative estimate of drug-likeness (QED) is 0.655. The van der Waals surface area contributed by atoms with Gasteiger partial charge in [-0.05, 0) is 30.5 Å². The summed E-state index contributed by atoms with van der Waals surface area (Å²) in [6.45, 7) is 3.76. The number of pyridine rings is 1. The molecular formula is C11H9Cl2NO2. The fourth-order valence-electron chi connectivity index (χ4n) is 2.02. The molecule has 0 aromatic carbocycles. The highest BCUT2D eigenvalue weighted by atomic mass is 35.5. The number of carboxylic acids is 1. The molecule has 1 aromatic rings. The van der Waals surface area contributed by atoms with Crippen LogP contribution in [-0.2, 0) is 10.2 Å².